The van der Waals surface area contributed by atoms with E-state index in [9.17, 15) is 8.42 Å². The Bertz CT molecular complexity index is 1100. The second-order valence-corrected chi connectivity index (χ2v) is 8.15. The summed E-state index contributed by atoms with van der Waals surface area (Å²) in [5, 5.41) is 7.29. The zero-order valence-corrected chi connectivity index (χ0v) is 17.4. The first-order chi connectivity index (χ1) is 13.2. The van der Waals surface area contributed by atoms with Crippen molar-refractivity contribution in [3.05, 3.63) is 41.5 Å². The molecule has 0 aliphatic rings. The van der Waals surface area contributed by atoms with Crippen LogP contribution in [0.25, 0.3) is 5.82 Å². The van der Waals surface area contributed by atoms with Crippen LogP contribution in [-0.2, 0) is 17.1 Å². The Kier molecular flexibility index (Phi) is 5.47. The van der Waals surface area contributed by atoms with E-state index in [0.717, 1.165) is 5.82 Å². The van der Waals surface area contributed by atoms with Crippen LogP contribution in [0.3, 0.4) is 0 Å². The largest absolute Gasteiger partial charge is 0.369 e. The molecule has 0 radical (unpaired) electrons. The molecule has 0 saturated carbocycles. The van der Waals surface area contributed by atoms with Gasteiger partial charge in [0, 0.05) is 38.6 Å². The van der Waals surface area contributed by atoms with Gasteiger partial charge in [0.05, 0.1) is 11.4 Å². The van der Waals surface area contributed by atoms with Crippen LogP contribution >= 0.6 is 0 Å². The standard InChI is InChI=1S/C17H24N8O2S/c1-11-17(12(2)24(5)23-11)28(26,27)20-7-6-19-15-10-16(22-13(3)21-15)25-9-8-18-14(25)4/h8-10,20H,6-7H2,1-5H3,(H,19,21,22). The molecule has 11 heteroatoms. The van der Waals surface area contributed by atoms with Gasteiger partial charge in [-0.1, -0.05) is 0 Å². The van der Waals surface area contributed by atoms with Crippen LogP contribution in [0.15, 0.2) is 23.4 Å². The highest BCUT2D eigenvalue weighted by molar-refractivity contribution is 7.89. The van der Waals surface area contributed by atoms with E-state index in [4.69, 9.17) is 0 Å². The van der Waals surface area contributed by atoms with Gasteiger partial charge in [-0.2, -0.15) is 5.10 Å². The van der Waals surface area contributed by atoms with Crippen molar-refractivity contribution in [1.82, 2.24) is 34.0 Å². The lowest BCUT2D eigenvalue weighted by molar-refractivity contribution is 0.581. The van der Waals surface area contributed by atoms with Gasteiger partial charge in [0.1, 0.15) is 28.2 Å². The first kappa shape index (κ1) is 20.0. The van der Waals surface area contributed by atoms with Crippen LogP contribution in [0.5, 0.6) is 0 Å². The summed E-state index contributed by atoms with van der Waals surface area (Å²) >= 11 is 0. The van der Waals surface area contributed by atoms with Gasteiger partial charge in [-0.3, -0.25) is 9.25 Å². The second kappa shape index (κ2) is 7.68. The van der Waals surface area contributed by atoms with E-state index in [0.29, 0.717) is 35.4 Å². The van der Waals surface area contributed by atoms with Crippen molar-refractivity contribution < 1.29 is 8.42 Å². The summed E-state index contributed by atoms with van der Waals surface area (Å²) in [7, 11) is -1.91. The molecule has 0 aliphatic carbocycles. The van der Waals surface area contributed by atoms with Gasteiger partial charge in [0.2, 0.25) is 10.0 Å². The van der Waals surface area contributed by atoms with Crippen molar-refractivity contribution >= 4 is 15.8 Å². The number of anilines is 1. The minimum Gasteiger partial charge on any atom is -0.369 e. The Balaban J connectivity index is 1.66. The van der Waals surface area contributed by atoms with Crippen LogP contribution in [0.1, 0.15) is 23.0 Å². The van der Waals surface area contributed by atoms with Crippen molar-refractivity contribution in [1.29, 1.82) is 0 Å². The highest BCUT2D eigenvalue weighted by Crippen LogP contribution is 2.18. The van der Waals surface area contributed by atoms with E-state index in [2.05, 4.69) is 30.1 Å². The van der Waals surface area contributed by atoms with E-state index in [-0.39, 0.29) is 11.4 Å². The molecule has 10 nitrogen and oxygen atoms in total. The third kappa shape index (κ3) is 4.04. The minimum absolute atomic E-state index is 0.207. The number of aromatic nitrogens is 6. The van der Waals surface area contributed by atoms with E-state index in [1.807, 2.05) is 17.7 Å². The summed E-state index contributed by atoms with van der Waals surface area (Å²) in [5.74, 6) is 2.74. The van der Waals surface area contributed by atoms with Crippen LogP contribution in [0.4, 0.5) is 5.82 Å². The van der Waals surface area contributed by atoms with Crippen LogP contribution in [0, 0.1) is 27.7 Å². The number of hydrogen-bond donors (Lipinski definition) is 2. The van der Waals surface area contributed by atoms with E-state index >= 15 is 0 Å². The van der Waals surface area contributed by atoms with Gasteiger partial charge in [0.15, 0.2) is 0 Å². The molecule has 3 aromatic rings. The number of aryl methyl sites for hydroxylation is 4. The van der Waals surface area contributed by atoms with E-state index < -0.39 is 10.0 Å². The predicted octanol–water partition coefficient (Wildman–Crippen LogP) is 1.02. The first-order valence-corrected chi connectivity index (χ1v) is 10.3. The maximum absolute atomic E-state index is 12.6. The number of rotatable bonds is 7. The van der Waals surface area contributed by atoms with Crippen molar-refractivity contribution in [2.45, 2.75) is 32.6 Å². The van der Waals surface area contributed by atoms with Crippen molar-refractivity contribution in [2.75, 3.05) is 18.4 Å². The third-order valence-electron chi connectivity index (χ3n) is 4.33. The van der Waals surface area contributed by atoms with Gasteiger partial charge in [-0.25, -0.2) is 28.1 Å². The maximum Gasteiger partial charge on any atom is 0.244 e. The van der Waals surface area contributed by atoms with Gasteiger partial charge >= 0.3 is 0 Å². The topological polar surface area (TPSA) is 120 Å². The first-order valence-electron chi connectivity index (χ1n) is 8.79. The van der Waals surface area contributed by atoms with Crippen LogP contribution in [0.2, 0.25) is 0 Å². The van der Waals surface area contributed by atoms with Gasteiger partial charge in [-0.15, -0.1) is 0 Å². The van der Waals surface area contributed by atoms with E-state index in [1.165, 1.54) is 0 Å². The lowest BCUT2D eigenvalue weighted by Gasteiger charge is -2.11. The molecule has 150 valence electrons. The summed E-state index contributed by atoms with van der Waals surface area (Å²) < 4.78 is 31.2. The van der Waals surface area contributed by atoms with Crippen LogP contribution < -0.4 is 10.0 Å². The number of nitrogens with zero attached hydrogens (tertiary/aromatic N) is 6. The highest BCUT2D eigenvalue weighted by Gasteiger charge is 2.23. The fourth-order valence-electron chi connectivity index (χ4n) is 2.98. The van der Waals surface area contributed by atoms with Crippen LogP contribution in [-0.4, -0.2) is 50.8 Å². The molecular formula is C17H24N8O2S. The predicted molar refractivity (Wildman–Crippen MR) is 105 cm³/mol. The number of nitrogens with one attached hydrogen (secondary N) is 2. The molecule has 0 saturated heterocycles. The fraction of sp³-hybridized carbons (Fsp3) is 0.412. The molecule has 0 bridgehead atoms. The quantitative estimate of drug-likeness (QED) is 0.564. The Morgan fingerprint density at radius 3 is 2.46 bits per heavy atom. The van der Waals surface area contributed by atoms with E-state index in [1.54, 1.807) is 44.8 Å². The number of hydrogen-bond acceptors (Lipinski definition) is 7. The lowest BCUT2D eigenvalue weighted by atomic mass is 10.4. The monoisotopic (exact) mass is 404 g/mol. The van der Waals surface area contributed by atoms with Gasteiger partial charge < -0.3 is 5.32 Å². The molecular weight excluding hydrogens is 380 g/mol. The molecule has 2 N–H and O–H groups in total. The summed E-state index contributed by atoms with van der Waals surface area (Å²) in [6.07, 6.45) is 3.53. The molecule has 0 amide bonds. The smallest absolute Gasteiger partial charge is 0.244 e. The Morgan fingerprint density at radius 1 is 1.11 bits per heavy atom. The third-order valence-corrected chi connectivity index (χ3v) is 6.04. The maximum atomic E-state index is 12.6. The molecule has 0 atom stereocenters. The summed E-state index contributed by atoms with van der Waals surface area (Å²) in [5.41, 5.74) is 1.08. The fourth-order valence-corrected chi connectivity index (χ4v) is 4.44. The molecule has 3 rings (SSSR count). The Hall–Kier alpha value is -2.79. The Labute approximate surface area is 164 Å². The molecule has 0 fully saturated rings. The van der Waals surface area contributed by atoms with Crippen molar-refractivity contribution in [2.24, 2.45) is 7.05 Å². The molecule has 28 heavy (non-hydrogen) atoms. The molecule has 0 aliphatic heterocycles. The lowest BCUT2D eigenvalue weighted by Crippen LogP contribution is -2.29. The Morgan fingerprint density at radius 2 is 1.86 bits per heavy atom. The average Bonchev–Trinajstić information content (AvgIpc) is 3.14. The van der Waals surface area contributed by atoms with Crippen molar-refractivity contribution in [3.8, 4) is 5.82 Å². The second-order valence-electron chi connectivity index (χ2n) is 6.45. The molecule has 3 heterocycles. The number of imidazole rings is 1. The molecule has 0 aromatic carbocycles. The molecule has 0 unspecified atom stereocenters. The average molecular weight is 405 g/mol. The normalized spacial score (nSPS) is 11.8. The highest BCUT2D eigenvalue weighted by atomic mass is 32.2. The summed E-state index contributed by atoms with van der Waals surface area (Å²) in [4.78, 5) is 13.2. The summed E-state index contributed by atoms with van der Waals surface area (Å²) in [6.45, 7) is 7.69. The molecule has 3 aromatic heterocycles. The minimum atomic E-state index is -3.63. The zero-order chi connectivity index (χ0) is 20.5. The van der Waals surface area contributed by atoms with Gasteiger partial charge in [0.25, 0.3) is 0 Å². The van der Waals surface area contributed by atoms with Gasteiger partial charge in [-0.05, 0) is 27.7 Å². The zero-order valence-electron chi connectivity index (χ0n) is 16.6. The summed E-state index contributed by atoms with van der Waals surface area (Å²) in [6, 6.07) is 1.80. The SMILES string of the molecule is Cc1nc(NCCNS(=O)(=O)c2c(C)nn(C)c2C)cc(-n2ccnc2C)n1. The molecule has 0 spiro atoms. The van der Waals surface area contributed by atoms with Crippen molar-refractivity contribution in [3.63, 3.8) is 0 Å². The number of sulfonamides is 1.